The highest BCUT2D eigenvalue weighted by Crippen LogP contribution is 2.17. The average Bonchev–Trinajstić information content (AvgIpc) is 2.32. The third-order valence-electron chi connectivity index (χ3n) is 2.77. The SMILES string of the molecule is CCC(C)C(N)C(=O)Nc1cccc(F)c1F. The fourth-order valence-electron chi connectivity index (χ4n) is 1.33. The number of carbonyl (C=O) groups excluding carboxylic acids is 1. The van der Waals surface area contributed by atoms with Crippen LogP contribution in [0.25, 0.3) is 0 Å². The van der Waals surface area contributed by atoms with Crippen molar-refractivity contribution in [3.05, 3.63) is 29.8 Å². The van der Waals surface area contributed by atoms with Crippen molar-refractivity contribution in [1.82, 2.24) is 0 Å². The molecule has 1 rings (SSSR count). The van der Waals surface area contributed by atoms with E-state index in [0.717, 1.165) is 12.5 Å². The lowest BCUT2D eigenvalue weighted by molar-refractivity contribution is -0.118. The van der Waals surface area contributed by atoms with Gasteiger partial charge in [-0.1, -0.05) is 26.3 Å². The topological polar surface area (TPSA) is 55.1 Å². The summed E-state index contributed by atoms with van der Waals surface area (Å²) >= 11 is 0. The Morgan fingerprint density at radius 3 is 2.71 bits per heavy atom. The van der Waals surface area contributed by atoms with E-state index in [1.54, 1.807) is 0 Å². The summed E-state index contributed by atoms with van der Waals surface area (Å²) in [7, 11) is 0. The maximum Gasteiger partial charge on any atom is 0.241 e. The van der Waals surface area contributed by atoms with Gasteiger partial charge in [0.2, 0.25) is 5.91 Å². The molecular formula is C12H16F2N2O. The summed E-state index contributed by atoms with van der Waals surface area (Å²) in [5, 5.41) is 2.29. The van der Waals surface area contributed by atoms with Crippen LogP contribution in [0.3, 0.4) is 0 Å². The molecule has 94 valence electrons. The summed E-state index contributed by atoms with van der Waals surface area (Å²) in [6, 6.07) is 2.87. The van der Waals surface area contributed by atoms with Gasteiger partial charge in [0.05, 0.1) is 11.7 Å². The number of amides is 1. The molecule has 0 aromatic heterocycles. The van der Waals surface area contributed by atoms with E-state index in [1.807, 2.05) is 13.8 Å². The fraction of sp³-hybridized carbons (Fsp3) is 0.417. The molecule has 0 aliphatic heterocycles. The van der Waals surface area contributed by atoms with Gasteiger partial charge in [0.15, 0.2) is 11.6 Å². The van der Waals surface area contributed by atoms with Crippen LogP contribution in [0.5, 0.6) is 0 Å². The number of benzene rings is 1. The average molecular weight is 242 g/mol. The molecule has 0 fully saturated rings. The van der Waals surface area contributed by atoms with Gasteiger partial charge in [0.25, 0.3) is 0 Å². The molecular weight excluding hydrogens is 226 g/mol. The van der Waals surface area contributed by atoms with Crippen molar-refractivity contribution in [2.45, 2.75) is 26.3 Å². The number of hydrogen-bond acceptors (Lipinski definition) is 2. The van der Waals surface area contributed by atoms with Crippen molar-refractivity contribution in [2.75, 3.05) is 5.32 Å². The zero-order valence-corrected chi connectivity index (χ0v) is 9.84. The van der Waals surface area contributed by atoms with E-state index >= 15 is 0 Å². The maximum absolute atomic E-state index is 13.3. The second-order valence-corrected chi connectivity index (χ2v) is 4.00. The maximum atomic E-state index is 13.3. The van der Waals surface area contributed by atoms with E-state index in [-0.39, 0.29) is 11.6 Å². The van der Waals surface area contributed by atoms with Crippen LogP contribution in [-0.2, 0) is 4.79 Å². The molecule has 5 heteroatoms. The largest absolute Gasteiger partial charge is 0.322 e. The molecule has 1 amide bonds. The van der Waals surface area contributed by atoms with Crippen molar-refractivity contribution >= 4 is 11.6 Å². The molecule has 3 nitrogen and oxygen atoms in total. The Balaban J connectivity index is 2.78. The van der Waals surface area contributed by atoms with Gasteiger partial charge in [0, 0.05) is 0 Å². The van der Waals surface area contributed by atoms with Gasteiger partial charge in [-0.25, -0.2) is 8.78 Å². The monoisotopic (exact) mass is 242 g/mol. The molecule has 0 saturated heterocycles. The number of hydrogen-bond donors (Lipinski definition) is 2. The van der Waals surface area contributed by atoms with E-state index in [4.69, 9.17) is 5.73 Å². The Morgan fingerprint density at radius 2 is 2.12 bits per heavy atom. The van der Waals surface area contributed by atoms with Crippen molar-refractivity contribution in [2.24, 2.45) is 11.7 Å². The molecule has 3 N–H and O–H groups in total. The number of rotatable bonds is 4. The van der Waals surface area contributed by atoms with Gasteiger partial charge in [-0.3, -0.25) is 4.79 Å². The second-order valence-electron chi connectivity index (χ2n) is 4.00. The smallest absolute Gasteiger partial charge is 0.241 e. The highest BCUT2D eigenvalue weighted by Gasteiger charge is 2.20. The predicted octanol–water partition coefficient (Wildman–Crippen LogP) is 2.28. The van der Waals surface area contributed by atoms with E-state index < -0.39 is 23.6 Å². The summed E-state index contributed by atoms with van der Waals surface area (Å²) in [5.74, 6) is -2.60. The molecule has 2 atom stereocenters. The highest BCUT2D eigenvalue weighted by molar-refractivity contribution is 5.94. The summed E-state index contributed by atoms with van der Waals surface area (Å²) in [6.45, 7) is 3.73. The van der Waals surface area contributed by atoms with Gasteiger partial charge >= 0.3 is 0 Å². The number of nitrogens with one attached hydrogen (secondary N) is 1. The van der Waals surface area contributed by atoms with Crippen molar-refractivity contribution in [3.63, 3.8) is 0 Å². The number of nitrogens with two attached hydrogens (primary N) is 1. The van der Waals surface area contributed by atoms with Crippen LogP contribution in [-0.4, -0.2) is 11.9 Å². The number of anilines is 1. The summed E-state index contributed by atoms with van der Waals surface area (Å²) in [5.41, 5.74) is 5.49. The molecule has 2 unspecified atom stereocenters. The molecule has 0 heterocycles. The molecule has 0 saturated carbocycles. The first kappa shape index (κ1) is 13.6. The van der Waals surface area contributed by atoms with Gasteiger partial charge in [-0.2, -0.15) is 0 Å². The van der Waals surface area contributed by atoms with Crippen LogP contribution >= 0.6 is 0 Å². The van der Waals surface area contributed by atoms with Crippen molar-refractivity contribution in [1.29, 1.82) is 0 Å². The minimum Gasteiger partial charge on any atom is -0.322 e. The summed E-state index contributed by atoms with van der Waals surface area (Å²) < 4.78 is 26.2. The molecule has 0 aliphatic carbocycles. The van der Waals surface area contributed by atoms with E-state index in [9.17, 15) is 13.6 Å². The van der Waals surface area contributed by atoms with Crippen LogP contribution in [0.15, 0.2) is 18.2 Å². The van der Waals surface area contributed by atoms with Crippen LogP contribution in [0, 0.1) is 17.6 Å². The van der Waals surface area contributed by atoms with Gasteiger partial charge in [-0.15, -0.1) is 0 Å². The Morgan fingerprint density at radius 1 is 1.47 bits per heavy atom. The van der Waals surface area contributed by atoms with Crippen LogP contribution in [0.1, 0.15) is 20.3 Å². The zero-order chi connectivity index (χ0) is 13.0. The molecule has 1 aromatic rings. The van der Waals surface area contributed by atoms with Crippen LogP contribution in [0.4, 0.5) is 14.5 Å². The summed E-state index contributed by atoms with van der Waals surface area (Å²) in [6.07, 6.45) is 0.736. The van der Waals surface area contributed by atoms with E-state index in [0.29, 0.717) is 0 Å². The molecule has 17 heavy (non-hydrogen) atoms. The minimum atomic E-state index is -1.07. The van der Waals surface area contributed by atoms with E-state index in [2.05, 4.69) is 5.32 Å². The molecule has 0 aliphatic rings. The fourth-order valence-corrected chi connectivity index (χ4v) is 1.33. The lowest BCUT2D eigenvalue weighted by Gasteiger charge is -2.17. The molecule has 1 aromatic carbocycles. The minimum absolute atomic E-state index is 0.0216. The lowest BCUT2D eigenvalue weighted by Crippen LogP contribution is -2.40. The molecule has 0 spiro atoms. The standard InChI is InChI=1S/C12H16F2N2O/c1-3-7(2)11(15)12(17)16-9-6-4-5-8(13)10(9)14/h4-7,11H,3,15H2,1-2H3,(H,16,17). The first-order chi connectivity index (χ1) is 7.97. The zero-order valence-electron chi connectivity index (χ0n) is 9.84. The highest BCUT2D eigenvalue weighted by atomic mass is 19.2. The third-order valence-corrected chi connectivity index (χ3v) is 2.77. The Kier molecular flexibility index (Phi) is 4.57. The van der Waals surface area contributed by atoms with Gasteiger partial charge < -0.3 is 11.1 Å². The first-order valence-corrected chi connectivity index (χ1v) is 5.47. The Bertz CT molecular complexity index is 409. The normalized spacial score (nSPS) is 14.2. The van der Waals surface area contributed by atoms with Crippen molar-refractivity contribution < 1.29 is 13.6 Å². The quantitative estimate of drug-likeness (QED) is 0.851. The Labute approximate surface area is 99.0 Å². The number of carbonyl (C=O) groups is 1. The van der Waals surface area contributed by atoms with E-state index in [1.165, 1.54) is 12.1 Å². The first-order valence-electron chi connectivity index (χ1n) is 5.47. The summed E-state index contributed by atoms with van der Waals surface area (Å²) in [4.78, 5) is 11.7. The van der Waals surface area contributed by atoms with Gasteiger partial charge in [-0.05, 0) is 18.1 Å². The van der Waals surface area contributed by atoms with Crippen LogP contribution < -0.4 is 11.1 Å². The number of halogens is 2. The predicted molar refractivity (Wildman–Crippen MR) is 62.4 cm³/mol. The second kappa shape index (κ2) is 5.72. The van der Waals surface area contributed by atoms with Crippen LogP contribution in [0.2, 0.25) is 0 Å². The third kappa shape index (κ3) is 3.23. The Hall–Kier alpha value is -1.49. The molecule has 0 bridgehead atoms. The van der Waals surface area contributed by atoms with Gasteiger partial charge in [0.1, 0.15) is 0 Å². The van der Waals surface area contributed by atoms with Crippen molar-refractivity contribution in [3.8, 4) is 0 Å². The molecule has 0 radical (unpaired) electrons. The lowest BCUT2D eigenvalue weighted by atomic mass is 9.99.